The molecule has 2 heterocycles. The molecule has 0 saturated carbocycles. The third-order valence-electron chi connectivity index (χ3n) is 6.31. The summed E-state index contributed by atoms with van der Waals surface area (Å²) in [6.07, 6.45) is 1.39. The number of pyridine rings is 1. The molecule has 0 fully saturated rings. The normalized spacial score (nSPS) is 13.9. The number of hydrogen-bond donors (Lipinski definition) is 1. The first-order chi connectivity index (χ1) is 16.7. The zero-order chi connectivity index (χ0) is 24.9. The molecule has 1 atom stereocenters. The number of hydrogen-bond acceptors (Lipinski definition) is 5. The Morgan fingerprint density at radius 1 is 1.20 bits per heavy atom. The first-order valence-electron chi connectivity index (χ1n) is 11.6. The predicted molar refractivity (Wildman–Crippen MR) is 135 cm³/mol. The molecule has 0 saturated heterocycles. The second kappa shape index (κ2) is 8.37. The zero-order valence-corrected chi connectivity index (χ0v) is 20.2. The molecule has 1 N–H and O–H groups in total. The second-order valence-electron chi connectivity index (χ2n) is 9.88. The van der Waals surface area contributed by atoms with Crippen molar-refractivity contribution in [2.75, 3.05) is 6.61 Å². The summed E-state index contributed by atoms with van der Waals surface area (Å²) in [5.74, 6) is -0.277. The van der Waals surface area contributed by atoms with Gasteiger partial charge in [-0.05, 0) is 85.5 Å². The predicted octanol–water partition coefficient (Wildman–Crippen LogP) is 6.11. The summed E-state index contributed by atoms with van der Waals surface area (Å²) in [6, 6.07) is 15.5. The van der Waals surface area contributed by atoms with E-state index >= 15 is 0 Å². The van der Waals surface area contributed by atoms with Gasteiger partial charge in [-0.25, -0.2) is 4.79 Å². The largest absolute Gasteiger partial charge is 0.493 e. The lowest BCUT2D eigenvalue weighted by atomic mass is 9.85. The van der Waals surface area contributed by atoms with Crippen LogP contribution in [-0.2, 0) is 16.0 Å². The maximum absolute atomic E-state index is 12.6. The Labute approximate surface area is 203 Å². The Balaban J connectivity index is 1.92. The standard InChI is InChI=1S/C29H26N2O4/c1-16-13-19-14-17(15-30)5-6-20(19)25(23(16)27(28(32)33)35-29(2,3)4)21-7-8-22-24-18(10-12-34-22)9-11-31-26(21)24/h5-9,11,13-14,27H,10,12H2,1-4H3,(H,32,33)/t27-/m1/s1. The first-order valence-corrected chi connectivity index (χ1v) is 11.6. The van der Waals surface area contributed by atoms with Crippen molar-refractivity contribution >= 4 is 27.6 Å². The quantitative estimate of drug-likeness (QED) is 0.390. The van der Waals surface area contributed by atoms with Gasteiger partial charge in [0.15, 0.2) is 6.10 Å². The molecule has 0 spiro atoms. The molecule has 0 radical (unpaired) electrons. The summed E-state index contributed by atoms with van der Waals surface area (Å²) < 4.78 is 12.0. The number of ether oxygens (including phenoxy) is 2. The molecule has 6 heteroatoms. The summed E-state index contributed by atoms with van der Waals surface area (Å²) >= 11 is 0. The van der Waals surface area contributed by atoms with Crippen LogP contribution in [0.25, 0.3) is 32.8 Å². The number of carbonyl (C=O) groups is 1. The van der Waals surface area contributed by atoms with Gasteiger partial charge in [0.25, 0.3) is 0 Å². The van der Waals surface area contributed by atoms with Crippen molar-refractivity contribution in [2.45, 2.75) is 45.8 Å². The number of aryl methyl sites for hydroxylation is 1. The lowest BCUT2D eigenvalue weighted by molar-refractivity contribution is -0.160. The molecule has 6 nitrogen and oxygen atoms in total. The van der Waals surface area contributed by atoms with Gasteiger partial charge in [0.1, 0.15) is 5.75 Å². The molecule has 4 aromatic rings. The molecule has 1 aliphatic rings. The van der Waals surface area contributed by atoms with E-state index in [1.54, 1.807) is 12.3 Å². The summed E-state index contributed by atoms with van der Waals surface area (Å²) in [6.45, 7) is 8.04. The highest BCUT2D eigenvalue weighted by Crippen LogP contribution is 2.45. The fraction of sp³-hybridized carbons (Fsp3) is 0.276. The van der Waals surface area contributed by atoms with Crippen LogP contribution in [0.5, 0.6) is 5.75 Å². The van der Waals surface area contributed by atoms with E-state index < -0.39 is 17.7 Å². The molecule has 1 aliphatic heterocycles. The highest BCUT2D eigenvalue weighted by molar-refractivity contribution is 6.09. The number of nitriles is 1. The molecule has 0 bridgehead atoms. The molecule has 0 amide bonds. The number of carboxylic acid groups (broad SMARTS) is 1. The number of aromatic nitrogens is 1. The molecule has 0 aliphatic carbocycles. The third kappa shape index (κ3) is 3.98. The van der Waals surface area contributed by atoms with E-state index in [0.717, 1.165) is 56.1 Å². The van der Waals surface area contributed by atoms with Gasteiger partial charge in [0, 0.05) is 29.1 Å². The van der Waals surface area contributed by atoms with E-state index in [-0.39, 0.29) is 0 Å². The molecule has 176 valence electrons. The summed E-state index contributed by atoms with van der Waals surface area (Å²) in [5, 5.41) is 22.4. The van der Waals surface area contributed by atoms with Crippen molar-refractivity contribution in [3.63, 3.8) is 0 Å². The van der Waals surface area contributed by atoms with Crippen LogP contribution >= 0.6 is 0 Å². The van der Waals surface area contributed by atoms with Crippen LogP contribution in [0.4, 0.5) is 0 Å². The average molecular weight is 467 g/mol. The molecular formula is C29H26N2O4. The van der Waals surface area contributed by atoms with Gasteiger partial charge >= 0.3 is 5.97 Å². The highest BCUT2D eigenvalue weighted by atomic mass is 16.5. The van der Waals surface area contributed by atoms with Gasteiger partial charge in [-0.3, -0.25) is 4.98 Å². The van der Waals surface area contributed by atoms with E-state index in [4.69, 9.17) is 14.5 Å². The number of aliphatic carboxylic acids is 1. The van der Waals surface area contributed by atoms with Gasteiger partial charge in [0.2, 0.25) is 0 Å². The Morgan fingerprint density at radius 3 is 2.71 bits per heavy atom. The van der Waals surface area contributed by atoms with Gasteiger partial charge in [-0.1, -0.05) is 12.1 Å². The van der Waals surface area contributed by atoms with Crippen molar-refractivity contribution in [1.82, 2.24) is 4.98 Å². The van der Waals surface area contributed by atoms with Crippen molar-refractivity contribution in [3.8, 4) is 22.9 Å². The third-order valence-corrected chi connectivity index (χ3v) is 6.31. The van der Waals surface area contributed by atoms with Gasteiger partial charge < -0.3 is 14.6 Å². The molecule has 1 aromatic heterocycles. The minimum atomic E-state index is -1.19. The minimum Gasteiger partial charge on any atom is -0.493 e. The Morgan fingerprint density at radius 2 is 2.00 bits per heavy atom. The van der Waals surface area contributed by atoms with E-state index in [1.807, 2.05) is 64.1 Å². The number of nitrogens with zero attached hydrogens (tertiary/aromatic N) is 2. The summed E-state index contributed by atoms with van der Waals surface area (Å²) in [4.78, 5) is 17.3. The maximum atomic E-state index is 12.6. The van der Waals surface area contributed by atoms with Gasteiger partial charge in [0.05, 0.1) is 29.4 Å². The number of benzene rings is 3. The fourth-order valence-electron chi connectivity index (χ4n) is 4.95. The van der Waals surface area contributed by atoms with Crippen molar-refractivity contribution in [2.24, 2.45) is 0 Å². The van der Waals surface area contributed by atoms with Crippen molar-refractivity contribution < 1.29 is 19.4 Å². The Hall–Kier alpha value is -3.95. The molecular weight excluding hydrogens is 440 g/mol. The van der Waals surface area contributed by atoms with E-state index in [9.17, 15) is 15.2 Å². The smallest absolute Gasteiger partial charge is 0.337 e. The minimum absolute atomic E-state index is 0.541. The Kier molecular flexibility index (Phi) is 5.46. The van der Waals surface area contributed by atoms with Gasteiger partial charge in [-0.15, -0.1) is 0 Å². The van der Waals surface area contributed by atoms with Crippen LogP contribution in [-0.4, -0.2) is 28.3 Å². The van der Waals surface area contributed by atoms with Crippen LogP contribution in [0.3, 0.4) is 0 Å². The van der Waals surface area contributed by atoms with E-state index in [2.05, 4.69) is 6.07 Å². The summed E-state index contributed by atoms with van der Waals surface area (Å²) in [5.41, 5.74) is 4.70. The van der Waals surface area contributed by atoms with Gasteiger partial charge in [-0.2, -0.15) is 5.26 Å². The van der Waals surface area contributed by atoms with E-state index in [1.165, 1.54) is 0 Å². The molecule has 35 heavy (non-hydrogen) atoms. The molecule has 3 aromatic carbocycles. The topological polar surface area (TPSA) is 92.4 Å². The first kappa shape index (κ1) is 22.8. The zero-order valence-electron chi connectivity index (χ0n) is 20.2. The summed E-state index contributed by atoms with van der Waals surface area (Å²) in [7, 11) is 0. The van der Waals surface area contributed by atoms with Crippen LogP contribution in [0.1, 0.15) is 49.1 Å². The van der Waals surface area contributed by atoms with Crippen LogP contribution in [0.2, 0.25) is 0 Å². The van der Waals surface area contributed by atoms with Crippen LogP contribution in [0, 0.1) is 18.3 Å². The van der Waals surface area contributed by atoms with Crippen molar-refractivity contribution in [1.29, 1.82) is 5.26 Å². The molecule has 5 rings (SSSR count). The maximum Gasteiger partial charge on any atom is 0.337 e. The fourth-order valence-corrected chi connectivity index (χ4v) is 4.95. The lowest BCUT2D eigenvalue weighted by Crippen LogP contribution is -2.28. The van der Waals surface area contributed by atoms with Crippen molar-refractivity contribution in [3.05, 3.63) is 70.9 Å². The number of rotatable bonds is 4. The van der Waals surface area contributed by atoms with E-state index in [0.29, 0.717) is 17.7 Å². The van der Waals surface area contributed by atoms with Crippen LogP contribution in [0.15, 0.2) is 48.7 Å². The SMILES string of the molecule is Cc1cc2cc(C#N)ccc2c(-c2ccc3c4c(ccnc24)CCO3)c1[C@@H](OC(C)(C)C)C(=O)O. The molecule has 0 unspecified atom stereocenters. The Bertz CT molecular complexity index is 1530. The average Bonchev–Trinajstić information content (AvgIpc) is 2.82. The van der Waals surface area contributed by atoms with Crippen LogP contribution < -0.4 is 4.74 Å². The monoisotopic (exact) mass is 466 g/mol. The lowest BCUT2D eigenvalue weighted by Gasteiger charge is -2.29. The second-order valence-corrected chi connectivity index (χ2v) is 9.88. The highest BCUT2D eigenvalue weighted by Gasteiger charge is 2.32. The number of fused-ring (bicyclic) bond motifs is 1. The number of carboxylic acids is 1.